The molecule has 16 nitrogen and oxygen atoms in total. The molecule has 60 heavy (non-hydrogen) atoms. The van der Waals surface area contributed by atoms with Crippen LogP contribution in [-0.2, 0) is 33.4 Å². The zero-order valence-electron chi connectivity index (χ0n) is 34.9. The van der Waals surface area contributed by atoms with E-state index in [0.717, 1.165) is 0 Å². The maximum atomic E-state index is 13.5. The lowest BCUT2D eigenvalue weighted by molar-refractivity contribution is -0.385. The first-order valence-corrected chi connectivity index (χ1v) is 20.0. The van der Waals surface area contributed by atoms with Crippen LogP contribution in [0.4, 0.5) is 11.4 Å². The second-order valence-electron chi connectivity index (χ2n) is 15.8. The van der Waals surface area contributed by atoms with Crippen molar-refractivity contribution in [3.63, 3.8) is 0 Å². The van der Waals surface area contributed by atoms with Crippen LogP contribution in [0.15, 0.2) is 84.5 Å². The summed E-state index contributed by atoms with van der Waals surface area (Å²) < 4.78 is 28.5. The van der Waals surface area contributed by atoms with Crippen LogP contribution >= 0.6 is 0 Å². The molecular formula is C44H54N2O14. The highest BCUT2D eigenvalue weighted by Crippen LogP contribution is 2.39. The largest absolute Gasteiger partial charge is 0.457 e. The molecule has 0 radical (unpaired) electrons. The number of hydrogen-bond acceptors (Lipinski definition) is 14. The van der Waals surface area contributed by atoms with Gasteiger partial charge in [-0.15, -0.1) is 0 Å². The number of hydrogen-bond donors (Lipinski definition) is 1. The average molecular weight is 835 g/mol. The second kappa shape index (κ2) is 21.0. The van der Waals surface area contributed by atoms with Crippen LogP contribution in [0.5, 0.6) is 11.5 Å². The van der Waals surface area contributed by atoms with Crippen molar-refractivity contribution in [3.8, 4) is 11.5 Å². The van der Waals surface area contributed by atoms with E-state index in [1.54, 1.807) is 26.0 Å². The van der Waals surface area contributed by atoms with Gasteiger partial charge in [-0.2, -0.15) is 0 Å². The number of carbonyl (C=O) groups is 4. The van der Waals surface area contributed by atoms with E-state index in [1.807, 2.05) is 39.0 Å². The van der Waals surface area contributed by atoms with Gasteiger partial charge in [0.05, 0.1) is 40.3 Å². The molecule has 10 unspecified atom stereocenters. The van der Waals surface area contributed by atoms with Crippen LogP contribution in [-0.4, -0.2) is 68.8 Å². The van der Waals surface area contributed by atoms with Crippen molar-refractivity contribution in [1.29, 1.82) is 0 Å². The third kappa shape index (κ3) is 13.4. The number of nitro groups is 2. The predicted molar refractivity (Wildman–Crippen MR) is 217 cm³/mol. The van der Waals surface area contributed by atoms with Crippen molar-refractivity contribution in [2.75, 3.05) is 0 Å². The van der Waals surface area contributed by atoms with E-state index in [2.05, 4.69) is 0 Å². The summed E-state index contributed by atoms with van der Waals surface area (Å²) in [6.45, 7) is 12.2. The molecule has 0 aromatic heterocycles. The minimum atomic E-state index is -1.63. The highest BCUT2D eigenvalue weighted by atomic mass is 16.6. The van der Waals surface area contributed by atoms with Crippen molar-refractivity contribution in [2.45, 2.75) is 111 Å². The zero-order chi connectivity index (χ0) is 44.3. The fourth-order valence-electron chi connectivity index (χ4n) is 7.24. The van der Waals surface area contributed by atoms with Gasteiger partial charge in [0.25, 0.3) is 11.4 Å². The Kier molecular flexibility index (Phi) is 16.4. The number of esters is 4. The van der Waals surface area contributed by atoms with Crippen LogP contribution in [0, 0.1) is 49.8 Å². The standard InChI is InChI=1S/C44H54N2O14/c1-8-36(43(50)58-35-19-15-33(16-20-35)46(54)55)29(5)41-37(59-41)24-26(2)10-9-11-27(3)40-28(4)12-21-38(56-30(6)47)44(7,51)23-22-31(25-39(48)60-40)42(49)57-34-17-13-32(14-18-34)45(52)53/h9-21,26,28-29,31,36-38,40-41,51H,8,22-25H2,1-7H3/b10-9+,21-12-,27-11+. The molecule has 2 aromatic carbocycles. The van der Waals surface area contributed by atoms with E-state index < -0.39 is 69.3 Å². The molecule has 1 saturated heterocycles. The van der Waals surface area contributed by atoms with Gasteiger partial charge >= 0.3 is 23.9 Å². The van der Waals surface area contributed by atoms with E-state index in [1.165, 1.54) is 62.4 Å². The summed E-state index contributed by atoms with van der Waals surface area (Å²) in [5.41, 5.74) is -1.25. The summed E-state index contributed by atoms with van der Waals surface area (Å²) in [6.07, 6.45) is 7.53. The zero-order valence-corrected chi connectivity index (χ0v) is 34.9. The molecule has 0 aliphatic carbocycles. The number of allylic oxidation sites excluding steroid dienone is 3. The van der Waals surface area contributed by atoms with Crippen LogP contribution in [0.25, 0.3) is 0 Å². The van der Waals surface area contributed by atoms with E-state index in [-0.39, 0.29) is 66.2 Å². The fourth-order valence-corrected chi connectivity index (χ4v) is 7.24. The Morgan fingerprint density at radius 2 is 1.55 bits per heavy atom. The van der Waals surface area contributed by atoms with Crippen molar-refractivity contribution < 1.29 is 57.8 Å². The van der Waals surface area contributed by atoms with Gasteiger partial charge in [0.1, 0.15) is 29.3 Å². The summed E-state index contributed by atoms with van der Waals surface area (Å²) in [7, 11) is 0. The molecule has 324 valence electrons. The van der Waals surface area contributed by atoms with Gasteiger partial charge in [-0.1, -0.05) is 52.0 Å². The van der Waals surface area contributed by atoms with Gasteiger partial charge < -0.3 is 28.8 Å². The number of rotatable bonds is 15. The third-order valence-corrected chi connectivity index (χ3v) is 10.9. The van der Waals surface area contributed by atoms with Crippen LogP contribution < -0.4 is 9.47 Å². The molecule has 2 aromatic rings. The molecule has 10 atom stereocenters. The summed E-state index contributed by atoms with van der Waals surface area (Å²) in [5, 5.41) is 33.5. The van der Waals surface area contributed by atoms with Gasteiger partial charge in [-0.3, -0.25) is 39.4 Å². The Morgan fingerprint density at radius 1 is 0.967 bits per heavy atom. The maximum absolute atomic E-state index is 13.5. The lowest BCUT2D eigenvalue weighted by Gasteiger charge is -2.33. The lowest BCUT2D eigenvalue weighted by Crippen LogP contribution is -2.42. The molecule has 0 spiro atoms. The molecule has 4 rings (SSSR count). The normalized spacial score (nSPS) is 26.9. The molecular weight excluding hydrogens is 780 g/mol. The summed E-state index contributed by atoms with van der Waals surface area (Å²) >= 11 is 0. The van der Waals surface area contributed by atoms with Crippen molar-refractivity contribution in [1.82, 2.24) is 0 Å². The van der Waals surface area contributed by atoms with Crippen LogP contribution in [0.1, 0.15) is 80.6 Å². The van der Waals surface area contributed by atoms with E-state index in [4.69, 9.17) is 23.7 Å². The molecule has 2 aliphatic rings. The van der Waals surface area contributed by atoms with Gasteiger partial charge in [-0.25, -0.2) is 0 Å². The van der Waals surface area contributed by atoms with E-state index >= 15 is 0 Å². The molecule has 0 amide bonds. The van der Waals surface area contributed by atoms with Gasteiger partial charge in [0.2, 0.25) is 0 Å². The van der Waals surface area contributed by atoms with Crippen molar-refractivity contribution >= 4 is 35.3 Å². The second-order valence-corrected chi connectivity index (χ2v) is 15.8. The summed E-state index contributed by atoms with van der Waals surface area (Å²) in [5.74, 6) is -4.32. The smallest absolute Gasteiger partial charge is 0.314 e. The molecule has 2 heterocycles. The first-order valence-electron chi connectivity index (χ1n) is 20.0. The highest BCUT2D eigenvalue weighted by Gasteiger charge is 2.47. The Bertz CT molecular complexity index is 1950. The number of carbonyl (C=O) groups excluding carboxylic acids is 4. The maximum Gasteiger partial charge on any atom is 0.314 e. The lowest BCUT2D eigenvalue weighted by atomic mass is 9.86. The molecule has 0 bridgehead atoms. The van der Waals surface area contributed by atoms with Gasteiger partial charge in [0, 0.05) is 37.1 Å². The number of ether oxygens (including phenoxy) is 5. The number of benzene rings is 2. The van der Waals surface area contributed by atoms with Crippen molar-refractivity contribution in [2.24, 2.45) is 29.6 Å². The summed E-state index contributed by atoms with van der Waals surface area (Å²) in [6, 6.07) is 10.3. The van der Waals surface area contributed by atoms with E-state index in [0.29, 0.717) is 18.4 Å². The number of nitrogens with zero attached hydrogens (tertiary/aromatic N) is 2. The van der Waals surface area contributed by atoms with Crippen molar-refractivity contribution in [3.05, 3.63) is 105 Å². The number of epoxide rings is 1. The number of aliphatic hydroxyl groups is 1. The van der Waals surface area contributed by atoms with E-state index in [9.17, 15) is 44.5 Å². The minimum Gasteiger partial charge on any atom is -0.457 e. The predicted octanol–water partition coefficient (Wildman–Crippen LogP) is 7.56. The monoisotopic (exact) mass is 834 g/mol. The number of non-ortho nitro benzene ring substituents is 2. The molecule has 1 N–H and O–H groups in total. The Morgan fingerprint density at radius 3 is 2.10 bits per heavy atom. The Labute approximate surface area is 348 Å². The first-order chi connectivity index (χ1) is 28.3. The molecule has 16 heteroatoms. The molecule has 2 aliphatic heterocycles. The quantitative estimate of drug-likeness (QED) is 0.0348. The number of cyclic esters (lactones) is 1. The van der Waals surface area contributed by atoms with Gasteiger partial charge in [-0.05, 0) is 87.3 Å². The van der Waals surface area contributed by atoms with Crippen LogP contribution in [0.2, 0.25) is 0 Å². The molecule has 1 fully saturated rings. The topological polar surface area (TPSA) is 224 Å². The average Bonchev–Trinajstić information content (AvgIpc) is 3.95. The fraction of sp³-hybridized carbons (Fsp3) is 0.500. The third-order valence-electron chi connectivity index (χ3n) is 10.9. The number of nitro benzene ring substituents is 2. The Balaban J connectivity index is 1.43. The first kappa shape index (κ1) is 46.9. The SMILES string of the molecule is CCC(C(=O)Oc1ccc([N+](=O)[O-])cc1)C(C)C1OC1CC(C)/C=C/C=C(\C)C1OC(=O)CC(C(=O)Oc2ccc([N+](=O)[O-])cc2)CCC(C)(O)C(OC(C)=O)/C=C\C1C. The molecule has 0 saturated carbocycles. The van der Waals surface area contributed by atoms with Gasteiger partial charge in [0.15, 0.2) is 0 Å². The Hall–Kier alpha value is -5.74. The summed E-state index contributed by atoms with van der Waals surface area (Å²) in [4.78, 5) is 72.9. The van der Waals surface area contributed by atoms with Crippen LogP contribution in [0.3, 0.4) is 0 Å². The highest BCUT2D eigenvalue weighted by molar-refractivity contribution is 5.81. The minimum absolute atomic E-state index is 0.0360.